The molecule has 0 amide bonds. The van der Waals surface area contributed by atoms with Crippen molar-refractivity contribution in [2.75, 3.05) is 0 Å². The van der Waals surface area contributed by atoms with Crippen LogP contribution >= 0.6 is 0 Å². The van der Waals surface area contributed by atoms with Gasteiger partial charge < -0.3 is 5.11 Å². The van der Waals surface area contributed by atoms with Crippen molar-refractivity contribution in [1.82, 2.24) is 0 Å². The SMILES string of the molecule is CCC(C)(O)C(=O)Cc1cccc(C)c1. The lowest BCUT2D eigenvalue weighted by Gasteiger charge is -2.19. The molecule has 0 bridgehead atoms. The maximum atomic E-state index is 11.7. The zero-order chi connectivity index (χ0) is 11.5. The molecule has 2 nitrogen and oxygen atoms in total. The average molecular weight is 206 g/mol. The molecule has 0 fully saturated rings. The summed E-state index contributed by atoms with van der Waals surface area (Å²) in [5.74, 6) is -0.115. The first-order valence-corrected chi connectivity index (χ1v) is 5.27. The van der Waals surface area contributed by atoms with Gasteiger partial charge in [-0.3, -0.25) is 4.79 Å². The summed E-state index contributed by atoms with van der Waals surface area (Å²) in [5.41, 5.74) is 0.911. The lowest BCUT2D eigenvalue weighted by atomic mass is 9.92. The molecule has 0 saturated heterocycles. The van der Waals surface area contributed by atoms with Crippen LogP contribution in [0.1, 0.15) is 31.4 Å². The summed E-state index contributed by atoms with van der Waals surface area (Å²) >= 11 is 0. The van der Waals surface area contributed by atoms with Crippen molar-refractivity contribution in [3.8, 4) is 0 Å². The maximum Gasteiger partial charge on any atom is 0.168 e. The molecule has 0 heterocycles. The third-order valence-electron chi connectivity index (χ3n) is 2.74. The highest BCUT2D eigenvalue weighted by atomic mass is 16.3. The van der Waals surface area contributed by atoms with Crippen molar-refractivity contribution in [2.45, 2.75) is 39.2 Å². The summed E-state index contributed by atoms with van der Waals surface area (Å²) in [6, 6.07) is 7.81. The Balaban J connectivity index is 2.75. The van der Waals surface area contributed by atoms with Crippen molar-refractivity contribution in [1.29, 1.82) is 0 Å². The highest BCUT2D eigenvalue weighted by molar-refractivity contribution is 5.88. The van der Waals surface area contributed by atoms with Crippen LogP contribution in [-0.4, -0.2) is 16.5 Å². The highest BCUT2D eigenvalue weighted by Crippen LogP contribution is 2.14. The number of carbonyl (C=O) groups is 1. The number of carbonyl (C=O) groups excluding carboxylic acids is 1. The fraction of sp³-hybridized carbons (Fsp3) is 0.462. The van der Waals surface area contributed by atoms with Crippen molar-refractivity contribution >= 4 is 5.78 Å². The number of ketones is 1. The van der Waals surface area contributed by atoms with E-state index < -0.39 is 5.60 Å². The molecular weight excluding hydrogens is 188 g/mol. The van der Waals surface area contributed by atoms with E-state index in [4.69, 9.17) is 0 Å². The molecule has 0 spiro atoms. The maximum absolute atomic E-state index is 11.7. The first-order chi connectivity index (χ1) is 6.95. The molecule has 2 heteroatoms. The molecule has 0 aliphatic carbocycles. The summed E-state index contributed by atoms with van der Waals surface area (Å²) in [5, 5.41) is 9.77. The summed E-state index contributed by atoms with van der Waals surface area (Å²) < 4.78 is 0. The number of benzene rings is 1. The van der Waals surface area contributed by atoms with Crippen LogP contribution in [0.2, 0.25) is 0 Å². The van der Waals surface area contributed by atoms with Crippen LogP contribution in [0.25, 0.3) is 0 Å². The normalized spacial score (nSPS) is 14.7. The Kier molecular flexibility index (Phi) is 3.64. The topological polar surface area (TPSA) is 37.3 Å². The highest BCUT2D eigenvalue weighted by Gasteiger charge is 2.27. The molecule has 82 valence electrons. The van der Waals surface area contributed by atoms with E-state index in [9.17, 15) is 9.90 Å². The first-order valence-electron chi connectivity index (χ1n) is 5.27. The minimum Gasteiger partial charge on any atom is -0.382 e. The number of rotatable bonds is 4. The lowest BCUT2D eigenvalue weighted by molar-refractivity contribution is -0.135. The third kappa shape index (κ3) is 3.17. The number of hydrogen-bond acceptors (Lipinski definition) is 2. The molecule has 1 atom stereocenters. The second kappa shape index (κ2) is 4.58. The van der Waals surface area contributed by atoms with Crippen LogP contribution in [-0.2, 0) is 11.2 Å². The minimum absolute atomic E-state index is 0.115. The van der Waals surface area contributed by atoms with Gasteiger partial charge in [0.2, 0.25) is 0 Å². The minimum atomic E-state index is -1.19. The zero-order valence-corrected chi connectivity index (χ0v) is 9.58. The van der Waals surface area contributed by atoms with Gasteiger partial charge in [0.15, 0.2) is 5.78 Å². The van der Waals surface area contributed by atoms with E-state index in [1.807, 2.05) is 38.1 Å². The molecule has 1 unspecified atom stereocenters. The molecule has 1 N–H and O–H groups in total. The van der Waals surface area contributed by atoms with Crippen LogP contribution in [0, 0.1) is 6.92 Å². The Morgan fingerprint density at radius 3 is 2.67 bits per heavy atom. The van der Waals surface area contributed by atoms with Crippen LogP contribution in [0.4, 0.5) is 0 Å². The van der Waals surface area contributed by atoms with Crippen LogP contribution in [0.15, 0.2) is 24.3 Å². The van der Waals surface area contributed by atoms with E-state index in [-0.39, 0.29) is 5.78 Å². The molecule has 1 aromatic carbocycles. The van der Waals surface area contributed by atoms with Gasteiger partial charge in [0.05, 0.1) is 0 Å². The van der Waals surface area contributed by atoms with E-state index in [1.165, 1.54) is 0 Å². The first kappa shape index (κ1) is 11.9. The zero-order valence-electron chi connectivity index (χ0n) is 9.58. The molecule has 1 aromatic rings. The molecule has 0 aliphatic heterocycles. The largest absolute Gasteiger partial charge is 0.382 e. The monoisotopic (exact) mass is 206 g/mol. The van der Waals surface area contributed by atoms with E-state index in [1.54, 1.807) is 6.92 Å². The van der Waals surface area contributed by atoms with Crippen LogP contribution in [0.3, 0.4) is 0 Å². The molecule has 0 radical (unpaired) electrons. The van der Waals surface area contributed by atoms with Gasteiger partial charge in [-0.25, -0.2) is 0 Å². The summed E-state index contributed by atoms with van der Waals surface area (Å²) in [4.78, 5) is 11.7. The molecule has 0 aromatic heterocycles. The number of Topliss-reactive ketones (excluding diaryl/α,β-unsaturated/α-hetero) is 1. The Morgan fingerprint density at radius 1 is 1.47 bits per heavy atom. The van der Waals surface area contributed by atoms with Crippen LogP contribution < -0.4 is 0 Å². The van der Waals surface area contributed by atoms with Gasteiger partial charge >= 0.3 is 0 Å². The molecule has 15 heavy (non-hydrogen) atoms. The number of aliphatic hydroxyl groups is 1. The summed E-state index contributed by atoms with van der Waals surface area (Å²) in [6.07, 6.45) is 0.764. The lowest BCUT2D eigenvalue weighted by Crippen LogP contribution is -2.35. The predicted molar refractivity (Wildman–Crippen MR) is 60.8 cm³/mol. The Labute approximate surface area is 90.9 Å². The van der Waals surface area contributed by atoms with E-state index in [2.05, 4.69) is 0 Å². The second-order valence-corrected chi connectivity index (χ2v) is 4.22. The van der Waals surface area contributed by atoms with Crippen molar-refractivity contribution in [3.05, 3.63) is 35.4 Å². The third-order valence-corrected chi connectivity index (χ3v) is 2.74. The van der Waals surface area contributed by atoms with Gasteiger partial charge in [-0.05, 0) is 25.8 Å². The Bertz CT molecular complexity index is 353. The van der Waals surface area contributed by atoms with Crippen LogP contribution in [0.5, 0.6) is 0 Å². The van der Waals surface area contributed by atoms with Gasteiger partial charge in [-0.15, -0.1) is 0 Å². The van der Waals surface area contributed by atoms with E-state index in [0.717, 1.165) is 11.1 Å². The summed E-state index contributed by atoms with van der Waals surface area (Å²) in [6.45, 7) is 5.38. The van der Waals surface area contributed by atoms with Crippen molar-refractivity contribution < 1.29 is 9.90 Å². The van der Waals surface area contributed by atoms with Gasteiger partial charge in [0, 0.05) is 6.42 Å². The average Bonchev–Trinajstić information content (AvgIpc) is 2.17. The fourth-order valence-corrected chi connectivity index (χ4v) is 1.40. The second-order valence-electron chi connectivity index (χ2n) is 4.22. The van der Waals surface area contributed by atoms with E-state index in [0.29, 0.717) is 12.8 Å². The standard InChI is InChI=1S/C13H18O2/c1-4-13(3,15)12(14)9-11-7-5-6-10(2)8-11/h5-8,15H,4,9H2,1-3H3. The number of aryl methyl sites for hydroxylation is 1. The van der Waals surface area contributed by atoms with Crippen molar-refractivity contribution in [3.63, 3.8) is 0 Å². The number of hydrogen-bond donors (Lipinski definition) is 1. The van der Waals surface area contributed by atoms with Gasteiger partial charge in [0.1, 0.15) is 5.60 Å². The molecular formula is C13H18O2. The van der Waals surface area contributed by atoms with Gasteiger partial charge in [-0.1, -0.05) is 36.8 Å². The Morgan fingerprint density at radius 2 is 2.13 bits per heavy atom. The van der Waals surface area contributed by atoms with E-state index >= 15 is 0 Å². The Hall–Kier alpha value is -1.15. The van der Waals surface area contributed by atoms with Crippen molar-refractivity contribution in [2.24, 2.45) is 0 Å². The quantitative estimate of drug-likeness (QED) is 0.820. The fourth-order valence-electron chi connectivity index (χ4n) is 1.40. The smallest absolute Gasteiger partial charge is 0.168 e. The molecule has 1 rings (SSSR count). The summed E-state index contributed by atoms with van der Waals surface area (Å²) in [7, 11) is 0. The van der Waals surface area contributed by atoms with Gasteiger partial charge in [0.25, 0.3) is 0 Å². The predicted octanol–water partition coefficient (Wildman–Crippen LogP) is 2.27. The molecule has 0 aliphatic rings. The molecule has 0 saturated carbocycles. The van der Waals surface area contributed by atoms with Gasteiger partial charge in [-0.2, -0.15) is 0 Å².